The molecular formula is C31H23BrN6O3. The van der Waals surface area contributed by atoms with E-state index in [1.165, 1.54) is 12.3 Å². The standard InChI is InChI=1S/C31H23BrN6O3/c32-23-15-17-24(18-16-23)34-29(39)26-13-7-8-14-27(26)35-30(40)31(41)36-33-19-22-20-38(25-11-5-2-6-12-25)37-28(22)21-9-3-1-4-10-21/h1-20H,(H,34,39)(H,35,40)(H,36,41)/b33-19+. The highest BCUT2D eigenvalue weighted by Crippen LogP contribution is 2.23. The van der Waals surface area contributed by atoms with Gasteiger partial charge in [0.05, 0.1) is 23.2 Å². The van der Waals surface area contributed by atoms with E-state index in [1.807, 2.05) is 60.7 Å². The van der Waals surface area contributed by atoms with E-state index in [-0.39, 0.29) is 11.3 Å². The molecule has 4 aromatic carbocycles. The van der Waals surface area contributed by atoms with Crippen LogP contribution in [0.3, 0.4) is 0 Å². The van der Waals surface area contributed by atoms with Crippen LogP contribution in [0.5, 0.6) is 0 Å². The van der Waals surface area contributed by atoms with E-state index in [2.05, 4.69) is 37.1 Å². The van der Waals surface area contributed by atoms with Gasteiger partial charge in [0.2, 0.25) is 0 Å². The second-order valence-corrected chi connectivity index (χ2v) is 9.65. The zero-order valence-corrected chi connectivity index (χ0v) is 23.1. The van der Waals surface area contributed by atoms with E-state index in [4.69, 9.17) is 5.10 Å². The molecule has 9 nitrogen and oxygen atoms in total. The SMILES string of the molecule is O=C(N/N=C/c1cn(-c2ccccc2)nc1-c1ccccc1)C(=O)Nc1ccccc1C(=O)Nc1ccc(Br)cc1. The summed E-state index contributed by atoms with van der Waals surface area (Å²) >= 11 is 3.35. The highest BCUT2D eigenvalue weighted by Gasteiger charge is 2.18. The van der Waals surface area contributed by atoms with E-state index in [0.29, 0.717) is 16.9 Å². The summed E-state index contributed by atoms with van der Waals surface area (Å²) in [6.07, 6.45) is 3.22. The number of aromatic nitrogens is 2. The zero-order chi connectivity index (χ0) is 28.6. The molecule has 0 saturated heterocycles. The van der Waals surface area contributed by atoms with Crippen LogP contribution in [0, 0.1) is 0 Å². The number of hydrogen-bond donors (Lipinski definition) is 3. The maximum Gasteiger partial charge on any atom is 0.329 e. The van der Waals surface area contributed by atoms with Gasteiger partial charge in [0, 0.05) is 27.5 Å². The van der Waals surface area contributed by atoms with Gasteiger partial charge in [-0.3, -0.25) is 14.4 Å². The van der Waals surface area contributed by atoms with Crippen molar-refractivity contribution in [3.05, 3.63) is 131 Å². The monoisotopic (exact) mass is 606 g/mol. The minimum Gasteiger partial charge on any atom is -0.322 e. The number of halogens is 1. The summed E-state index contributed by atoms with van der Waals surface area (Å²) in [5, 5.41) is 13.9. The van der Waals surface area contributed by atoms with Crippen LogP contribution in [-0.4, -0.2) is 33.7 Å². The molecule has 0 aliphatic carbocycles. The predicted octanol–water partition coefficient (Wildman–Crippen LogP) is 5.64. The molecule has 5 aromatic rings. The zero-order valence-electron chi connectivity index (χ0n) is 21.5. The van der Waals surface area contributed by atoms with Gasteiger partial charge in [-0.2, -0.15) is 10.2 Å². The summed E-state index contributed by atoms with van der Waals surface area (Å²) in [5.41, 5.74) is 6.22. The highest BCUT2D eigenvalue weighted by molar-refractivity contribution is 9.10. The van der Waals surface area contributed by atoms with Crippen molar-refractivity contribution in [1.29, 1.82) is 0 Å². The molecular weight excluding hydrogens is 584 g/mol. The number of rotatable bonds is 7. The van der Waals surface area contributed by atoms with Gasteiger partial charge in [0.1, 0.15) is 5.69 Å². The van der Waals surface area contributed by atoms with Crippen LogP contribution < -0.4 is 16.1 Å². The quantitative estimate of drug-likeness (QED) is 0.126. The Morgan fingerprint density at radius 2 is 1.41 bits per heavy atom. The van der Waals surface area contributed by atoms with Crippen LogP contribution in [0.25, 0.3) is 16.9 Å². The number of carbonyl (C=O) groups excluding carboxylic acids is 3. The lowest BCUT2D eigenvalue weighted by Crippen LogP contribution is -2.33. The van der Waals surface area contributed by atoms with E-state index in [1.54, 1.807) is 53.3 Å². The van der Waals surface area contributed by atoms with Crippen molar-refractivity contribution in [3.8, 4) is 16.9 Å². The maximum absolute atomic E-state index is 12.8. The van der Waals surface area contributed by atoms with Gasteiger partial charge in [-0.05, 0) is 48.5 Å². The Hall–Kier alpha value is -5.35. The first-order valence-electron chi connectivity index (χ1n) is 12.5. The molecule has 0 spiro atoms. The average Bonchev–Trinajstić information content (AvgIpc) is 3.43. The highest BCUT2D eigenvalue weighted by atomic mass is 79.9. The summed E-state index contributed by atoms with van der Waals surface area (Å²) in [6.45, 7) is 0. The second kappa shape index (κ2) is 12.7. The Bertz CT molecular complexity index is 1720. The van der Waals surface area contributed by atoms with E-state index < -0.39 is 17.7 Å². The molecule has 0 atom stereocenters. The molecule has 3 amide bonds. The normalized spacial score (nSPS) is 10.8. The van der Waals surface area contributed by atoms with Crippen molar-refractivity contribution < 1.29 is 14.4 Å². The number of nitrogens with one attached hydrogen (secondary N) is 3. The van der Waals surface area contributed by atoms with Gasteiger partial charge in [-0.15, -0.1) is 0 Å². The van der Waals surface area contributed by atoms with Gasteiger partial charge < -0.3 is 10.6 Å². The van der Waals surface area contributed by atoms with Crippen LogP contribution in [-0.2, 0) is 9.59 Å². The van der Waals surface area contributed by atoms with E-state index in [0.717, 1.165) is 15.7 Å². The molecule has 0 radical (unpaired) electrons. The first kappa shape index (κ1) is 27.2. The summed E-state index contributed by atoms with van der Waals surface area (Å²) in [4.78, 5) is 38.1. The molecule has 0 bridgehead atoms. The number of carbonyl (C=O) groups is 3. The third-order valence-corrected chi connectivity index (χ3v) is 6.44. The average molecular weight is 607 g/mol. The number of hydrogen-bond acceptors (Lipinski definition) is 5. The molecule has 0 fully saturated rings. The minimum absolute atomic E-state index is 0.182. The Morgan fingerprint density at radius 3 is 2.15 bits per heavy atom. The van der Waals surface area contributed by atoms with Gasteiger partial charge in [-0.1, -0.05) is 76.6 Å². The van der Waals surface area contributed by atoms with E-state index >= 15 is 0 Å². The summed E-state index contributed by atoms with van der Waals surface area (Å²) in [7, 11) is 0. The van der Waals surface area contributed by atoms with Crippen molar-refractivity contribution >= 4 is 51.2 Å². The van der Waals surface area contributed by atoms with Crippen LogP contribution in [0.15, 0.2) is 125 Å². The summed E-state index contributed by atoms with van der Waals surface area (Å²) in [6, 6.07) is 32.6. The minimum atomic E-state index is -0.999. The number of nitrogens with zero attached hydrogens (tertiary/aromatic N) is 3. The fraction of sp³-hybridized carbons (Fsp3) is 0. The fourth-order valence-corrected chi connectivity index (χ4v) is 4.19. The first-order chi connectivity index (χ1) is 20.0. The number of hydrazone groups is 1. The second-order valence-electron chi connectivity index (χ2n) is 8.74. The first-order valence-corrected chi connectivity index (χ1v) is 13.3. The molecule has 0 unspecified atom stereocenters. The Balaban J connectivity index is 1.28. The molecule has 41 heavy (non-hydrogen) atoms. The third kappa shape index (κ3) is 6.81. The van der Waals surface area contributed by atoms with Crippen molar-refractivity contribution in [2.45, 2.75) is 0 Å². The molecule has 10 heteroatoms. The van der Waals surface area contributed by atoms with Crippen molar-refractivity contribution in [2.24, 2.45) is 5.10 Å². The number of para-hydroxylation sites is 2. The molecule has 0 saturated carbocycles. The van der Waals surface area contributed by atoms with Gasteiger partial charge >= 0.3 is 11.8 Å². The van der Waals surface area contributed by atoms with Crippen molar-refractivity contribution in [2.75, 3.05) is 10.6 Å². The molecule has 3 N–H and O–H groups in total. The lowest BCUT2D eigenvalue weighted by molar-refractivity contribution is -0.136. The number of benzene rings is 4. The topological polar surface area (TPSA) is 117 Å². The molecule has 0 aliphatic heterocycles. The van der Waals surface area contributed by atoms with Gasteiger partial charge in [-0.25, -0.2) is 10.1 Å². The largest absolute Gasteiger partial charge is 0.329 e. The number of anilines is 2. The molecule has 1 heterocycles. The smallest absolute Gasteiger partial charge is 0.322 e. The van der Waals surface area contributed by atoms with E-state index in [9.17, 15) is 14.4 Å². The third-order valence-electron chi connectivity index (χ3n) is 5.91. The molecule has 202 valence electrons. The lowest BCUT2D eigenvalue weighted by Gasteiger charge is -2.11. The lowest BCUT2D eigenvalue weighted by atomic mass is 10.1. The van der Waals surface area contributed by atoms with Crippen LogP contribution >= 0.6 is 15.9 Å². The molecule has 5 rings (SSSR count). The van der Waals surface area contributed by atoms with Crippen LogP contribution in [0.1, 0.15) is 15.9 Å². The molecule has 1 aromatic heterocycles. The van der Waals surface area contributed by atoms with Crippen molar-refractivity contribution in [3.63, 3.8) is 0 Å². The van der Waals surface area contributed by atoms with Gasteiger partial charge in [0.25, 0.3) is 5.91 Å². The van der Waals surface area contributed by atoms with Crippen LogP contribution in [0.4, 0.5) is 11.4 Å². The predicted molar refractivity (Wildman–Crippen MR) is 162 cm³/mol. The fourth-order valence-electron chi connectivity index (χ4n) is 3.93. The number of amides is 3. The Labute approximate surface area is 244 Å². The summed E-state index contributed by atoms with van der Waals surface area (Å²) < 4.78 is 2.59. The van der Waals surface area contributed by atoms with Crippen LogP contribution in [0.2, 0.25) is 0 Å². The van der Waals surface area contributed by atoms with Crippen molar-refractivity contribution in [1.82, 2.24) is 15.2 Å². The Morgan fingerprint density at radius 1 is 0.756 bits per heavy atom. The Kier molecular flexibility index (Phi) is 8.41. The summed E-state index contributed by atoms with van der Waals surface area (Å²) in [5.74, 6) is -2.42. The molecule has 0 aliphatic rings. The maximum atomic E-state index is 12.8. The van der Waals surface area contributed by atoms with Gasteiger partial charge in [0.15, 0.2) is 0 Å².